The molecule has 0 aliphatic rings. The summed E-state index contributed by atoms with van der Waals surface area (Å²) in [4.78, 5) is 11.1. The van der Waals surface area contributed by atoms with E-state index in [4.69, 9.17) is 5.73 Å². The number of rotatable bonds is 3. The van der Waals surface area contributed by atoms with Crippen LogP contribution in [0.4, 0.5) is 13.2 Å². The number of hydrogen-bond acceptors (Lipinski definition) is 4. The summed E-state index contributed by atoms with van der Waals surface area (Å²) in [6.07, 6.45) is -4.61. The van der Waals surface area contributed by atoms with Crippen molar-refractivity contribution in [2.45, 2.75) is 19.1 Å². The second-order valence-electron chi connectivity index (χ2n) is 2.94. The fourth-order valence-corrected chi connectivity index (χ4v) is 0.993. The molecule has 1 atom stereocenters. The van der Waals surface area contributed by atoms with Gasteiger partial charge in [0, 0.05) is 0 Å². The molecular formula is C9H10F3NO3. The Kier molecular flexibility index (Phi) is 3.58. The molecule has 1 aromatic rings. The second-order valence-corrected chi connectivity index (χ2v) is 2.94. The van der Waals surface area contributed by atoms with Gasteiger partial charge in [0.05, 0.1) is 6.61 Å². The quantitative estimate of drug-likeness (QED) is 0.817. The first kappa shape index (κ1) is 12.6. The first-order valence-electron chi connectivity index (χ1n) is 4.45. The van der Waals surface area contributed by atoms with Crippen LogP contribution < -0.4 is 5.73 Å². The monoisotopic (exact) mass is 237 g/mol. The molecule has 1 heterocycles. The van der Waals surface area contributed by atoms with E-state index in [1.54, 1.807) is 6.92 Å². The molecule has 0 radical (unpaired) electrons. The molecule has 2 N–H and O–H groups in total. The highest BCUT2D eigenvalue weighted by Gasteiger charge is 2.40. The van der Waals surface area contributed by atoms with Crippen LogP contribution in [0.2, 0.25) is 0 Å². The van der Waals surface area contributed by atoms with Gasteiger partial charge in [0.2, 0.25) is 5.76 Å². The van der Waals surface area contributed by atoms with Gasteiger partial charge >= 0.3 is 12.1 Å². The molecule has 1 aromatic heterocycles. The lowest BCUT2D eigenvalue weighted by atomic mass is 10.2. The van der Waals surface area contributed by atoms with E-state index >= 15 is 0 Å². The molecule has 0 saturated carbocycles. The second kappa shape index (κ2) is 4.56. The molecule has 0 unspecified atom stereocenters. The van der Waals surface area contributed by atoms with Crippen LogP contribution in [-0.2, 0) is 4.74 Å². The van der Waals surface area contributed by atoms with E-state index in [1.807, 2.05) is 0 Å². The summed E-state index contributed by atoms with van der Waals surface area (Å²) in [5, 5.41) is 0. The minimum Gasteiger partial charge on any atom is -0.460 e. The third-order valence-corrected chi connectivity index (χ3v) is 1.76. The lowest BCUT2D eigenvalue weighted by Crippen LogP contribution is -2.27. The number of alkyl halides is 3. The zero-order valence-corrected chi connectivity index (χ0v) is 8.38. The Bertz CT molecular complexity index is 372. The van der Waals surface area contributed by atoms with Crippen molar-refractivity contribution in [3.05, 3.63) is 23.7 Å². The van der Waals surface area contributed by atoms with Crippen LogP contribution in [0.1, 0.15) is 29.3 Å². The molecule has 16 heavy (non-hydrogen) atoms. The molecule has 0 aromatic carbocycles. The fourth-order valence-electron chi connectivity index (χ4n) is 0.993. The maximum atomic E-state index is 12.2. The highest BCUT2D eigenvalue weighted by molar-refractivity contribution is 5.86. The number of carbonyl (C=O) groups is 1. The van der Waals surface area contributed by atoms with Gasteiger partial charge < -0.3 is 14.9 Å². The van der Waals surface area contributed by atoms with Gasteiger partial charge in [-0.25, -0.2) is 4.79 Å². The van der Waals surface area contributed by atoms with E-state index < -0.39 is 23.9 Å². The van der Waals surface area contributed by atoms with Gasteiger partial charge in [-0.05, 0) is 19.1 Å². The normalized spacial score (nSPS) is 13.6. The third kappa shape index (κ3) is 2.75. The topological polar surface area (TPSA) is 65.5 Å². The van der Waals surface area contributed by atoms with Gasteiger partial charge in [-0.3, -0.25) is 0 Å². The third-order valence-electron chi connectivity index (χ3n) is 1.76. The van der Waals surface area contributed by atoms with Gasteiger partial charge in [-0.2, -0.15) is 13.2 Å². The summed E-state index contributed by atoms with van der Waals surface area (Å²) in [5.41, 5.74) is 4.89. The summed E-state index contributed by atoms with van der Waals surface area (Å²) in [6, 6.07) is -0.140. The standard InChI is InChI=1S/C9H10F3NO3/c1-2-15-8(14)6-4-3-5(16-6)7(13)9(10,11)12/h3-4,7H,2,13H2,1H3/t7-/m0/s1. The number of halogens is 3. The van der Waals surface area contributed by atoms with Crippen LogP contribution in [0.15, 0.2) is 16.5 Å². The average molecular weight is 237 g/mol. The van der Waals surface area contributed by atoms with E-state index in [1.165, 1.54) is 0 Å². The number of nitrogens with two attached hydrogens (primary N) is 1. The molecule has 4 nitrogen and oxygen atoms in total. The predicted molar refractivity (Wildman–Crippen MR) is 47.6 cm³/mol. The van der Waals surface area contributed by atoms with E-state index in [-0.39, 0.29) is 12.4 Å². The SMILES string of the molecule is CCOC(=O)c1ccc([C@H](N)C(F)(F)F)o1. The van der Waals surface area contributed by atoms with Crippen molar-refractivity contribution in [1.82, 2.24) is 0 Å². The molecule has 0 amide bonds. The lowest BCUT2D eigenvalue weighted by Gasteiger charge is -2.12. The van der Waals surface area contributed by atoms with E-state index in [0.717, 1.165) is 12.1 Å². The summed E-state index contributed by atoms with van der Waals surface area (Å²) in [5.74, 6) is -1.63. The van der Waals surface area contributed by atoms with Gasteiger partial charge in [0.25, 0.3) is 0 Å². The highest BCUT2D eigenvalue weighted by Crippen LogP contribution is 2.31. The molecule has 0 fully saturated rings. The van der Waals surface area contributed by atoms with Crippen molar-refractivity contribution >= 4 is 5.97 Å². The fraction of sp³-hybridized carbons (Fsp3) is 0.444. The van der Waals surface area contributed by atoms with Crippen molar-refractivity contribution in [2.24, 2.45) is 5.73 Å². The Morgan fingerprint density at radius 3 is 2.69 bits per heavy atom. The predicted octanol–water partition coefficient (Wildman–Crippen LogP) is 2.02. The zero-order valence-electron chi connectivity index (χ0n) is 8.38. The van der Waals surface area contributed by atoms with Crippen LogP contribution in [0.25, 0.3) is 0 Å². The molecule has 0 spiro atoms. The van der Waals surface area contributed by atoms with E-state index in [2.05, 4.69) is 9.15 Å². The minimum absolute atomic E-state index is 0.111. The molecule has 0 aliphatic carbocycles. The molecular weight excluding hydrogens is 227 g/mol. The van der Waals surface area contributed by atoms with E-state index in [0.29, 0.717) is 0 Å². The highest BCUT2D eigenvalue weighted by atomic mass is 19.4. The minimum atomic E-state index is -4.61. The zero-order chi connectivity index (χ0) is 12.3. The van der Waals surface area contributed by atoms with Crippen LogP contribution in [0.5, 0.6) is 0 Å². The van der Waals surface area contributed by atoms with Crippen molar-refractivity contribution in [3.8, 4) is 0 Å². The maximum absolute atomic E-state index is 12.2. The summed E-state index contributed by atoms with van der Waals surface area (Å²) in [7, 11) is 0. The Morgan fingerprint density at radius 1 is 1.56 bits per heavy atom. The van der Waals surface area contributed by atoms with Gasteiger partial charge in [0.1, 0.15) is 5.76 Å². The average Bonchev–Trinajstić information content (AvgIpc) is 2.64. The number of hydrogen-bond donors (Lipinski definition) is 1. The van der Waals surface area contributed by atoms with Gasteiger partial charge in [-0.1, -0.05) is 0 Å². The van der Waals surface area contributed by atoms with Crippen molar-refractivity contribution in [3.63, 3.8) is 0 Å². The Balaban J connectivity index is 2.83. The first-order chi connectivity index (χ1) is 7.36. The first-order valence-corrected chi connectivity index (χ1v) is 4.45. The Labute approximate surface area is 89.2 Å². The van der Waals surface area contributed by atoms with E-state index in [9.17, 15) is 18.0 Å². The Morgan fingerprint density at radius 2 is 2.19 bits per heavy atom. The van der Waals surface area contributed by atoms with Crippen molar-refractivity contribution < 1.29 is 27.1 Å². The smallest absolute Gasteiger partial charge is 0.410 e. The van der Waals surface area contributed by atoms with Crippen LogP contribution in [0, 0.1) is 0 Å². The van der Waals surface area contributed by atoms with Crippen LogP contribution in [0.3, 0.4) is 0 Å². The van der Waals surface area contributed by atoms with Crippen LogP contribution >= 0.6 is 0 Å². The molecule has 0 saturated heterocycles. The maximum Gasteiger partial charge on any atom is 0.410 e. The number of ether oxygens (including phenoxy) is 1. The summed E-state index contributed by atoms with van der Waals surface area (Å²) in [6.45, 7) is 1.68. The molecule has 0 aliphatic heterocycles. The number of carbonyl (C=O) groups excluding carboxylic acids is 1. The van der Waals surface area contributed by atoms with Crippen molar-refractivity contribution in [1.29, 1.82) is 0 Å². The number of furan rings is 1. The summed E-state index contributed by atoms with van der Waals surface area (Å²) < 4.78 is 45.8. The van der Waals surface area contributed by atoms with Gasteiger partial charge in [0.15, 0.2) is 6.04 Å². The largest absolute Gasteiger partial charge is 0.460 e. The lowest BCUT2D eigenvalue weighted by molar-refractivity contribution is -0.152. The van der Waals surface area contributed by atoms with Gasteiger partial charge in [-0.15, -0.1) is 0 Å². The number of esters is 1. The van der Waals surface area contributed by atoms with Crippen LogP contribution in [-0.4, -0.2) is 18.8 Å². The molecule has 1 rings (SSSR count). The van der Waals surface area contributed by atoms with Crippen molar-refractivity contribution in [2.75, 3.05) is 6.61 Å². The molecule has 0 bridgehead atoms. The summed E-state index contributed by atoms with van der Waals surface area (Å²) >= 11 is 0. The molecule has 7 heteroatoms. The molecule has 90 valence electrons. The Hall–Kier alpha value is -1.50.